The second-order valence-electron chi connectivity index (χ2n) is 4.80. The second kappa shape index (κ2) is 8.68. The highest BCUT2D eigenvalue weighted by Gasteiger charge is 2.14. The van der Waals surface area contributed by atoms with Crippen molar-refractivity contribution in [2.45, 2.75) is 51.6 Å². The Morgan fingerprint density at radius 1 is 1.21 bits per heavy atom. The number of halogens is 1. The van der Waals surface area contributed by atoms with Crippen LogP contribution in [0.25, 0.3) is 0 Å². The number of hydrogen-bond acceptors (Lipinski definition) is 2. The van der Waals surface area contributed by atoms with Gasteiger partial charge in [-0.15, -0.1) is 0 Å². The molecular weight excluding hydrogens is 243 g/mol. The third kappa shape index (κ3) is 5.86. The number of carbonyl (C=O) groups is 1. The van der Waals surface area contributed by atoms with E-state index < -0.39 is 6.17 Å². The third-order valence-corrected chi connectivity index (χ3v) is 3.19. The summed E-state index contributed by atoms with van der Waals surface area (Å²) in [5.74, 6) is 0.568. The molecule has 0 aliphatic carbocycles. The molecule has 0 heterocycles. The molecule has 0 saturated heterocycles. The fourth-order valence-electron chi connectivity index (χ4n) is 1.99. The van der Waals surface area contributed by atoms with Crippen LogP contribution in [0, 0.1) is 0 Å². The summed E-state index contributed by atoms with van der Waals surface area (Å²) in [7, 11) is 1.57. The number of carbonyl (C=O) groups excluding carboxylic acids is 1. The molecule has 0 amide bonds. The van der Waals surface area contributed by atoms with Crippen LogP contribution in [0.1, 0.15) is 55.8 Å². The highest BCUT2D eigenvalue weighted by atomic mass is 19.1. The monoisotopic (exact) mass is 266 g/mol. The van der Waals surface area contributed by atoms with E-state index in [0.29, 0.717) is 17.7 Å². The van der Waals surface area contributed by atoms with E-state index in [9.17, 15) is 9.18 Å². The molecule has 0 bridgehead atoms. The first-order valence-electron chi connectivity index (χ1n) is 6.98. The summed E-state index contributed by atoms with van der Waals surface area (Å²) in [6.07, 6.45) is 3.64. The van der Waals surface area contributed by atoms with Gasteiger partial charge in [0, 0.05) is 12.0 Å². The van der Waals surface area contributed by atoms with E-state index in [2.05, 4.69) is 6.92 Å². The van der Waals surface area contributed by atoms with E-state index in [1.807, 2.05) is 0 Å². The molecule has 0 N–H and O–H groups in total. The number of hydrogen-bond donors (Lipinski definition) is 0. The van der Waals surface area contributed by atoms with Crippen LogP contribution in [0.4, 0.5) is 4.39 Å². The van der Waals surface area contributed by atoms with E-state index in [-0.39, 0.29) is 12.2 Å². The van der Waals surface area contributed by atoms with E-state index in [1.54, 1.807) is 31.4 Å². The van der Waals surface area contributed by atoms with Gasteiger partial charge in [0.25, 0.3) is 0 Å². The Labute approximate surface area is 115 Å². The summed E-state index contributed by atoms with van der Waals surface area (Å²) in [5.41, 5.74) is 0.553. The highest BCUT2D eigenvalue weighted by molar-refractivity contribution is 5.96. The fourth-order valence-corrected chi connectivity index (χ4v) is 1.99. The maximum Gasteiger partial charge on any atom is 0.165 e. The van der Waals surface area contributed by atoms with Crippen LogP contribution >= 0.6 is 0 Å². The van der Waals surface area contributed by atoms with Crippen molar-refractivity contribution in [3.63, 3.8) is 0 Å². The van der Waals surface area contributed by atoms with Gasteiger partial charge >= 0.3 is 0 Å². The standard InChI is InChI=1S/C16H23FO2/c1-3-4-5-6-7-14(17)12-16(18)13-8-10-15(19-2)11-9-13/h8-11,14H,3-7,12H2,1-2H3. The largest absolute Gasteiger partial charge is 0.497 e. The first kappa shape index (κ1) is 15.7. The van der Waals surface area contributed by atoms with E-state index >= 15 is 0 Å². The molecule has 1 atom stereocenters. The number of rotatable bonds is 9. The SMILES string of the molecule is CCCCCCC(F)CC(=O)c1ccc(OC)cc1. The van der Waals surface area contributed by atoms with Crippen molar-refractivity contribution in [1.29, 1.82) is 0 Å². The molecule has 0 aromatic heterocycles. The van der Waals surface area contributed by atoms with Gasteiger partial charge < -0.3 is 4.74 Å². The van der Waals surface area contributed by atoms with Gasteiger partial charge in [0.15, 0.2) is 5.78 Å². The Balaban J connectivity index is 2.36. The molecule has 0 aliphatic rings. The van der Waals surface area contributed by atoms with Gasteiger partial charge in [-0.25, -0.2) is 4.39 Å². The molecule has 106 valence electrons. The molecule has 0 aliphatic heterocycles. The number of ketones is 1. The average Bonchev–Trinajstić information content (AvgIpc) is 2.43. The van der Waals surface area contributed by atoms with Crippen LogP contribution < -0.4 is 4.74 Å². The molecule has 1 aromatic carbocycles. The van der Waals surface area contributed by atoms with Crippen molar-refractivity contribution in [2.24, 2.45) is 0 Å². The van der Waals surface area contributed by atoms with Gasteiger partial charge in [0.1, 0.15) is 11.9 Å². The van der Waals surface area contributed by atoms with Crippen molar-refractivity contribution < 1.29 is 13.9 Å². The lowest BCUT2D eigenvalue weighted by Gasteiger charge is -2.08. The predicted molar refractivity (Wildman–Crippen MR) is 75.6 cm³/mol. The summed E-state index contributed by atoms with van der Waals surface area (Å²) in [6.45, 7) is 2.13. The molecular formula is C16H23FO2. The zero-order valence-electron chi connectivity index (χ0n) is 11.8. The third-order valence-electron chi connectivity index (χ3n) is 3.19. The van der Waals surface area contributed by atoms with Gasteiger partial charge in [-0.05, 0) is 30.7 Å². The topological polar surface area (TPSA) is 26.3 Å². The average molecular weight is 266 g/mol. The van der Waals surface area contributed by atoms with Gasteiger partial charge in [0.2, 0.25) is 0 Å². The quantitative estimate of drug-likeness (QED) is 0.483. The van der Waals surface area contributed by atoms with Crippen molar-refractivity contribution in [3.8, 4) is 5.75 Å². The Morgan fingerprint density at radius 2 is 1.89 bits per heavy atom. The van der Waals surface area contributed by atoms with E-state index in [4.69, 9.17) is 4.74 Å². The van der Waals surface area contributed by atoms with Crippen LogP contribution in [0.2, 0.25) is 0 Å². The molecule has 1 unspecified atom stereocenters. The number of unbranched alkanes of at least 4 members (excludes halogenated alkanes) is 3. The number of alkyl halides is 1. The molecule has 1 aromatic rings. The molecule has 3 heteroatoms. The van der Waals surface area contributed by atoms with E-state index in [0.717, 1.165) is 25.7 Å². The minimum absolute atomic E-state index is 0.0154. The van der Waals surface area contributed by atoms with Crippen molar-refractivity contribution in [1.82, 2.24) is 0 Å². The Bertz CT molecular complexity index is 373. The lowest BCUT2D eigenvalue weighted by molar-refractivity contribution is 0.0942. The number of methoxy groups -OCH3 is 1. The van der Waals surface area contributed by atoms with Crippen molar-refractivity contribution >= 4 is 5.78 Å². The first-order chi connectivity index (χ1) is 9.17. The second-order valence-corrected chi connectivity index (χ2v) is 4.80. The van der Waals surface area contributed by atoms with Crippen LogP contribution in [0.3, 0.4) is 0 Å². The van der Waals surface area contributed by atoms with Gasteiger partial charge in [0.05, 0.1) is 7.11 Å². The lowest BCUT2D eigenvalue weighted by atomic mass is 10.0. The van der Waals surface area contributed by atoms with Crippen LogP contribution in [-0.2, 0) is 0 Å². The molecule has 0 fully saturated rings. The molecule has 0 spiro atoms. The fraction of sp³-hybridized carbons (Fsp3) is 0.562. The smallest absolute Gasteiger partial charge is 0.165 e. The molecule has 19 heavy (non-hydrogen) atoms. The summed E-state index contributed by atoms with van der Waals surface area (Å²) >= 11 is 0. The Hall–Kier alpha value is -1.38. The molecule has 0 radical (unpaired) electrons. The van der Waals surface area contributed by atoms with Crippen LogP contribution in [0.15, 0.2) is 24.3 Å². The molecule has 0 saturated carbocycles. The lowest BCUT2D eigenvalue weighted by Crippen LogP contribution is -2.09. The number of ether oxygens (including phenoxy) is 1. The number of benzene rings is 1. The van der Waals surface area contributed by atoms with Gasteiger partial charge in [-0.2, -0.15) is 0 Å². The summed E-state index contributed by atoms with van der Waals surface area (Å²) in [6, 6.07) is 6.82. The predicted octanol–water partition coefficient (Wildman–Crippen LogP) is 4.58. The van der Waals surface area contributed by atoms with E-state index in [1.165, 1.54) is 0 Å². The number of Topliss-reactive ketones (excluding diaryl/α,β-unsaturated/α-hetero) is 1. The highest BCUT2D eigenvalue weighted by Crippen LogP contribution is 2.16. The summed E-state index contributed by atoms with van der Waals surface area (Å²) in [4.78, 5) is 11.9. The van der Waals surface area contributed by atoms with Crippen LogP contribution in [0.5, 0.6) is 5.75 Å². The Kier molecular flexibility index (Phi) is 7.16. The Morgan fingerprint density at radius 3 is 2.47 bits per heavy atom. The van der Waals surface area contributed by atoms with Crippen molar-refractivity contribution in [3.05, 3.63) is 29.8 Å². The maximum atomic E-state index is 13.7. The van der Waals surface area contributed by atoms with Gasteiger partial charge in [-0.1, -0.05) is 32.6 Å². The minimum Gasteiger partial charge on any atom is -0.497 e. The minimum atomic E-state index is -1.02. The molecule has 1 rings (SSSR count). The molecule has 2 nitrogen and oxygen atoms in total. The first-order valence-corrected chi connectivity index (χ1v) is 6.98. The summed E-state index contributed by atoms with van der Waals surface area (Å²) < 4.78 is 18.7. The van der Waals surface area contributed by atoms with Gasteiger partial charge in [-0.3, -0.25) is 4.79 Å². The van der Waals surface area contributed by atoms with Crippen molar-refractivity contribution in [2.75, 3.05) is 7.11 Å². The zero-order valence-corrected chi connectivity index (χ0v) is 11.8. The summed E-state index contributed by atoms with van der Waals surface area (Å²) in [5, 5.41) is 0. The normalized spacial score (nSPS) is 12.2. The van der Waals surface area contributed by atoms with Crippen LogP contribution in [-0.4, -0.2) is 19.1 Å². The zero-order chi connectivity index (χ0) is 14.1. The maximum absolute atomic E-state index is 13.7.